The molecule has 124 valence electrons. The number of nitrogens with zero attached hydrogens (tertiary/aromatic N) is 1. The van der Waals surface area contributed by atoms with Crippen LogP contribution in [0.3, 0.4) is 0 Å². The highest BCUT2D eigenvalue weighted by Gasteiger charge is 2.30. The van der Waals surface area contributed by atoms with Crippen LogP contribution in [0.4, 0.5) is 5.69 Å². The summed E-state index contributed by atoms with van der Waals surface area (Å²) in [5, 5.41) is 10.5. The third-order valence-corrected chi connectivity index (χ3v) is 5.93. The van der Waals surface area contributed by atoms with Gasteiger partial charge in [0, 0.05) is 10.0 Å². The van der Waals surface area contributed by atoms with Crippen LogP contribution in [0.15, 0.2) is 47.4 Å². The number of benzene rings is 2. The van der Waals surface area contributed by atoms with Gasteiger partial charge in [0.05, 0.1) is 28.3 Å². The van der Waals surface area contributed by atoms with Gasteiger partial charge in [-0.1, -0.05) is 34.8 Å². The van der Waals surface area contributed by atoms with Gasteiger partial charge in [-0.2, -0.15) is 0 Å². The van der Waals surface area contributed by atoms with Crippen molar-refractivity contribution in [1.29, 1.82) is 0 Å². The molecule has 0 aliphatic carbocycles. The summed E-state index contributed by atoms with van der Waals surface area (Å²) >= 11 is 17.9. The minimum atomic E-state index is -3.95. The maximum atomic E-state index is 13.0. The molecular formula is C15H14Cl3NO3S. The molecule has 0 radical (unpaired) electrons. The van der Waals surface area contributed by atoms with Crippen LogP contribution < -0.4 is 4.31 Å². The lowest BCUT2D eigenvalue weighted by Gasteiger charge is -2.30. The van der Waals surface area contributed by atoms with E-state index in [1.54, 1.807) is 13.0 Å². The van der Waals surface area contributed by atoms with E-state index in [-0.39, 0.29) is 22.2 Å². The van der Waals surface area contributed by atoms with Crippen molar-refractivity contribution in [3.8, 4) is 0 Å². The van der Waals surface area contributed by atoms with Gasteiger partial charge in [-0.3, -0.25) is 4.31 Å². The van der Waals surface area contributed by atoms with Crippen LogP contribution in [0, 0.1) is 0 Å². The Labute approximate surface area is 150 Å². The summed E-state index contributed by atoms with van der Waals surface area (Å²) in [6, 6.07) is 9.54. The van der Waals surface area contributed by atoms with Gasteiger partial charge in [0.15, 0.2) is 0 Å². The second-order valence-corrected chi connectivity index (χ2v) is 7.98. The Bertz CT molecular complexity index is 794. The lowest BCUT2D eigenvalue weighted by molar-refractivity contribution is 0.274. The van der Waals surface area contributed by atoms with Crippen LogP contribution in [0.1, 0.15) is 6.92 Å². The average molecular weight is 395 g/mol. The molecule has 0 amide bonds. The molecule has 2 aromatic carbocycles. The second kappa shape index (κ2) is 7.28. The SMILES string of the molecule is CC(CO)N(c1cc(Cl)ccc1Cl)S(=O)(=O)c1ccc(Cl)cc1. The van der Waals surface area contributed by atoms with Crippen LogP contribution in [0.25, 0.3) is 0 Å². The Morgan fingerprint density at radius 2 is 1.61 bits per heavy atom. The summed E-state index contributed by atoms with van der Waals surface area (Å²) in [6.45, 7) is 1.19. The van der Waals surface area contributed by atoms with Crippen molar-refractivity contribution in [3.05, 3.63) is 57.5 Å². The summed E-state index contributed by atoms with van der Waals surface area (Å²) in [5.41, 5.74) is 0.204. The van der Waals surface area contributed by atoms with Crippen LogP contribution in [-0.2, 0) is 10.0 Å². The third kappa shape index (κ3) is 3.92. The maximum Gasteiger partial charge on any atom is 0.264 e. The van der Waals surface area contributed by atoms with E-state index in [2.05, 4.69) is 0 Å². The quantitative estimate of drug-likeness (QED) is 0.826. The number of aliphatic hydroxyl groups excluding tert-OH is 1. The minimum Gasteiger partial charge on any atom is -0.394 e. The normalized spacial score (nSPS) is 12.9. The van der Waals surface area contributed by atoms with E-state index in [4.69, 9.17) is 34.8 Å². The highest BCUT2D eigenvalue weighted by Crippen LogP contribution is 2.34. The van der Waals surface area contributed by atoms with Gasteiger partial charge in [-0.15, -0.1) is 0 Å². The molecule has 0 bridgehead atoms. The van der Waals surface area contributed by atoms with E-state index in [1.807, 2.05) is 0 Å². The standard InChI is InChI=1S/C15H14Cl3NO3S/c1-10(9-20)19(15-8-12(17)4-7-14(15)18)23(21,22)13-5-2-11(16)3-6-13/h2-8,10,20H,9H2,1H3. The first kappa shape index (κ1) is 18.4. The number of rotatable bonds is 5. The van der Waals surface area contributed by atoms with Crippen molar-refractivity contribution in [2.24, 2.45) is 0 Å². The van der Waals surface area contributed by atoms with E-state index >= 15 is 0 Å². The molecule has 0 saturated carbocycles. The predicted octanol–water partition coefficient (Wildman–Crippen LogP) is 4.22. The molecule has 23 heavy (non-hydrogen) atoms. The molecule has 0 spiro atoms. The molecule has 1 unspecified atom stereocenters. The molecule has 0 aliphatic heterocycles. The number of halogens is 3. The van der Waals surface area contributed by atoms with E-state index < -0.39 is 16.1 Å². The molecule has 8 heteroatoms. The average Bonchev–Trinajstić information content (AvgIpc) is 2.51. The molecule has 0 aromatic heterocycles. The van der Waals surface area contributed by atoms with E-state index in [9.17, 15) is 13.5 Å². The highest BCUT2D eigenvalue weighted by molar-refractivity contribution is 7.92. The van der Waals surface area contributed by atoms with Crippen LogP contribution in [0.2, 0.25) is 15.1 Å². The van der Waals surface area contributed by atoms with Gasteiger partial charge >= 0.3 is 0 Å². The molecule has 2 aromatic rings. The van der Waals surface area contributed by atoms with Gasteiger partial charge in [0.2, 0.25) is 0 Å². The fraction of sp³-hybridized carbons (Fsp3) is 0.200. The predicted molar refractivity (Wildman–Crippen MR) is 94.1 cm³/mol. The van der Waals surface area contributed by atoms with Gasteiger partial charge in [-0.05, 0) is 49.4 Å². The Hall–Kier alpha value is -0.980. The molecule has 2 rings (SSSR count). The molecule has 0 fully saturated rings. The summed E-state index contributed by atoms with van der Waals surface area (Å²) in [4.78, 5) is 0.0400. The largest absolute Gasteiger partial charge is 0.394 e. The van der Waals surface area contributed by atoms with E-state index in [0.717, 1.165) is 4.31 Å². The monoisotopic (exact) mass is 393 g/mol. The smallest absolute Gasteiger partial charge is 0.264 e. The number of sulfonamides is 1. The van der Waals surface area contributed by atoms with Crippen molar-refractivity contribution in [1.82, 2.24) is 0 Å². The molecule has 1 N–H and O–H groups in total. The van der Waals surface area contributed by atoms with Crippen LogP contribution >= 0.6 is 34.8 Å². The van der Waals surface area contributed by atoms with Crippen LogP contribution in [-0.4, -0.2) is 26.2 Å². The second-order valence-electron chi connectivity index (χ2n) is 4.88. The van der Waals surface area contributed by atoms with Gasteiger partial charge < -0.3 is 5.11 Å². The lowest BCUT2D eigenvalue weighted by atomic mass is 10.2. The zero-order chi connectivity index (χ0) is 17.2. The molecule has 1 atom stereocenters. The number of hydrogen-bond donors (Lipinski definition) is 1. The lowest BCUT2D eigenvalue weighted by Crippen LogP contribution is -2.41. The summed E-state index contributed by atoms with van der Waals surface area (Å²) in [7, 11) is -3.95. The van der Waals surface area contributed by atoms with Gasteiger partial charge in [0.25, 0.3) is 10.0 Å². The molecule has 0 aliphatic rings. The fourth-order valence-electron chi connectivity index (χ4n) is 2.05. The van der Waals surface area contributed by atoms with E-state index in [1.165, 1.54) is 36.4 Å². The van der Waals surface area contributed by atoms with Crippen molar-refractivity contribution in [2.75, 3.05) is 10.9 Å². The third-order valence-electron chi connectivity index (χ3n) is 3.18. The van der Waals surface area contributed by atoms with Crippen molar-refractivity contribution >= 4 is 50.5 Å². The fourth-order valence-corrected chi connectivity index (χ4v) is 4.26. The van der Waals surface area contributed by atoms with Crippen molar-refractivity contribution < 1.29 is 13.5 Å². The first-order valence-corrected chi connectivity index (χ1v) is 9.20. The van der Waals surface area contributed by atoms with Gasteiger partial charge in [-0.25, -0.2) is 8.42 Å². The molecule has 0 heterocycles. The minimum absolute atomic E-state index is 0.0400. The molecule has 0 saturated heterocycles. The Morgan fingerprint density at radius 3 is 2.17 bits per heavy atom. The van der Waals surface area contributed by atoms with Crippen molar-refractivity contribution in [3.63, 3.8) is 0 Å². The molecular weight excluding hydrogens is 381 g/mol. The summed E-state index contributed by atoms with van der Waals surface area (Å²) < 4.78 is 27.0. The summed E-state index contributed by atoms with van der Waals surface area (Å²) in [5.74, 6) is 0. The number of anilines is 1. The first-order valence-electron chi connectivity index (χ1n) is 6.63. The zero-order valence-electron chi connectivity index (χ0n) is 12.1. The Balaban J connectivity index is 2.63. The molecule has 4 nitrogen and oxygen atoms in total. The van der Waals surface area contributed by atoms with Crippen LogP contribution in [0.5, 0.6) is 0 Å². The Morgan fingerprint density at radius 1 is 1.04 bits per heavy atom. The number of hydrogen-bond acceptors (Lipinski definition) is 3. The maximum absolute atomic E-state index is 13.0. The number of aliphatic hydroxyl groups is 1. The zero-order valence-corrected chi connectivity index (χ0v) is 15.2. The van der Waals surface area contributed by atoms with Gasteiger partial charge in [0.1, 0.15) is 0 Å². The van der Waals surface area contributed by atoms with Crippen molar-refractivity contribution in [2.45, 2.75) is 17.9 Å². The summed E-state index contributed by atoms with van der Waals surface area (Å²) in [6.07, 6.45) is 0. The highest BCUT2D eigenvalue weighted by atomic mass is 35.5. The topological polar surface area (TPSA) is 57.6 Å². The Kier molecular flexibility index (Phi) is 5.81. The first-order chi connectivity index (χ1) is 10.8. The van der Waals surface area contributed by atoms with E-state index in [0.29, 0.717) is 10.0 Å².